The van der Waals surface area contributed by atoms with Gasteiger partial charge in [-0.05, 0) is 25.9 Å². The van der Waals surface area contributed by atoms with Gasteiger partial charge in [0.25, 0.3) is 0 Å². The molecule has 0 radical (unpaired) electrons. The molecule has 0 aromatic rings. The molecule has 2 aliphatic rings. The number of piperidine rings is 1. The highest BCUT2D eigenvalue weighted by Crippen LogP contribution is 2.16. The molecular weight excluding hydrogens is 322 g/mol. The van der Waals surface area contributed by atoms with Gasteiger partial charge < -0.3 is 25.4 Å². The molecule has 7 heteroatoms. The second-order valence-corrected chi connectivity index (χ2v) is 6.68. The van der Waals surface area contributed by atoms with Crippen LogP contribution in [0.1, 0.15) is 39.0 Å². The number of aliphatic hydroxyl groups excluding tert-OH is 1. The first-order chi connectivity index (χ1) is 12.1. The van der Waals surface area contributed by atoms with Gasteiger partial charge in [0.05, 0.1) is 25.2 Å². The highest BCUT2D eigenvalue weighted by atomic mass is 16.5. The van der Waals surface area contributed by atoms with E-state index < -0.39 is 6.10 Å². The number of nitrogens with one attached hydrogen (secondary N) is 2. The normalized spacial score (nSPS) is 27.0. The van der Waals surface area contributed by atoms with E-state index in [0.717, 1.165) is 19.6 Å². The number of hydrogen-bond donors (Lipinski definition) is 3. The van der Waals surface area contributed by atoms with Gasteiger partial charge in [-0.3, -0.25) is 9.59 Å². The quantitative estimate of drug-likeness (QED) is 0.542. The SMILES string of the molecule is CCC(=O)N[C@@H]1C=C[C@@H](CC(=O)NCCN2CCCCC2)O[C@@H]1CO. The first-order valence-electron chi connectivity index (χ1n) is 9.35. The number of likely N-dealkylation sites (tertiary alicyclic amines) is 1. The zero-order valence-corrected chi connectivity index (χ0v) is 15.1. The summed E-state index contributed by atoms with van der Waals surface area (Å²) in [5.41, 5.74) is 0. The van der Waals surface area contributed by atoms with E-state index >= 15 is 0 Å². The second-order valence-electron chi connectivity index (χ2n) is 6.68. The summed E-state index contributed by atoms with van der Waals surface area (Å²) in [5, 5.41) is 15.2. The van der Waals surface area contributed by atoms with Crippen LogP contribution in [0.25, 0.3) is 0 Å². The van der Waals surface area contributed by atoms with Crippen LogP contribution in [0.2, 0.25) is 0 Å². The van der Waals surface area contributed by atoms with E-state index in [1.165, 1.54) is 19.3 Å². The first-order valence-corrected chi connectivity index (χ1v) is 9.35. The Morgan fingerprint density at radius 3 is 2.64 bits per heavy atom. The van der Waals surface area contributed by atoms with Crippen molar-refractivity contribution in [2.24, 2.45) is 0 Å². The fraction of sp³-hybridized carbons (Fsp3) is 0.778. The molecule has 0 aromatic heterocycles. The molecule has 0 unspecified atom stereocenters. The van der Waals surface area contributed by atoms with Crippen molar-refractivity contribution in [1.29, 1.82) is 0 Å². The topological polar surface area (TPSA) is 90.9 Å². The van der Waals surface area contributed by atoms with Crippen molar-refractivity contribution in [3.63, 3.8) is 0 Å². The number of ether oxygens (including phenoxy) is 1. The minimum Gasteiger partial charge on any atom is -0.394 e. The third-order valence-corrected chi connectivity index (χ3v) is 4.70. The number of nitrogens with zero attached hydrogens (tertiary/aromatic N) is 1. The number of carbonyl (C=O) groups excluding carboxylic acids is 2. The molecule has 3 atom stereocenters. The average Bonchev–Trinajstić information content (AvgIpc) is 2.63. The van der Waals surface area contributed by atoms with Crippen LogP contribution in [0.4, 0.5) is 0 Å². The lowest BCUT2D eigenvalue weighted by Gasteiger charge is -2.31. The van der Waals surface area contributed by atoms with E-state index in [1.54, 1.807) is 13.0 Å². The van der Waals surface area contributed by atoms with Crippen molar-refractivity contribution in [1.82, 2.24) is 15.5 Å². The van der Waals surface area contributed by atoms with Gasteiger partial charge in [0.15, 0.2) is 0 Å². The zero-order chi connectivity index (χ0) is 18.1. The largest absolute Gasteiger partial charge is 0.394 e. The summed E-state index contributed by atoms with van der Waals surface area (Å²) in [7, 11) is 0. The van der Waals surface area contributed by atoms with Gasteiger partial charge in [-0.15, -0.1) is 0 Å². The predicted molar refractivity (Wildman–Crippen MR) is 95.0 cm³/mol. The van der Waals surface area contributed by atoms with Crippen molar-refractivity contribution >= 4 is 11.8 Å². The van der Waals surface area contributed by atoms with Crippen LogP contribution in [-0.2, 0) is 14.3 Å². The van der Waals surface area contributed by atoms with Crippen LogP contribution < -0.4 is 10.6 Å². The van der Waals surface area contributed by atoms with Crippen LogP contribution in [0.5, 0.6) is 0 Å². The number of amides is 2. The summed E-state index contributed by atoms with van der Waals surface area (Å²) in [6.07, 6.45) is 7.10. The highest BCUT2D eigenvalue weighted by Gasteiger charge is 2.28. The van der Waals surface area contributed by atoms with E-state index in [9.17, 15) is 14.7 Å². The van der Waals surface area contributed by atoms with E-state index in [2.05, 4.69) is 15.5 Å². The van der Waals surface area contributed by atoms with Gasteiger partial charge in [-0.25, -0.2) is 0 Å². The van der Waals surface area contributed by atoms with Crippen molar-refractivity contribution < 1.29 is 19.4 Å². The van der Waals surface area contributed by atoms with Crippen LogP contribution in [0.15, 0.2) is 12.2 Å². The Balaban J connectivity index is 1.71. The van der Waals surface area contributed by atoms with E-state index in [1.807, 2.05) is 6.08 Å². The Bertz CT molecular complexity index is 463. The fourth-order valence-electron chi connectivity index (χ4n) is 3.22. The van der Waals surface area contributed by atoms with Gasteiger partial charge in [0.2, 0.25) is 11.8 Å². The molecule has 1 saturated heterocycles. The Kier molecular flexibility index (Phi) is 8.37. The van der Waals surface area contributed by atoms with Crippen molar-refractivity contribution in [2.75, 3.05) is 32.8 Å². The minimum atomic E-state index is -0.522. The molecule has 0 aliphatic carbocycles. The summed E-state index contributed by atoms with van der Waals surface area (Å²) in [5.74, 6) is -0.148. The van der Waals surface area contributed by atoms with Crippen molar-refractivity contribution in [3.8, 4) is 0 Å². The number of carbonyl (C=O) groups is 2. The maximum absolute atomic E-state index is 12.1. The number of aliphatic hydroxyl groups is 1. The first kappa shape index (κ1) is 19.9. The zero-order valence-electron chi connectivity index (χ0n) is 15.1. The van der Waals surface area contributed by atoms with Crippen LogP contribution >= 0.6 is 0 Å². The Labute approximate surface area is 149 Å². The molecule has 0 spiro atoms. The van der Waals surface area contributed by atoms with Crippen LogP contribution in [0.3, 0.4) is 0 Å². The van der Waals surface area contributed by atoms with Crippen LogP contribution in [0, 0.1) is 0 Å². The lowest BCUT2D eigenvalue weighted by molar-refractivity contribution is -0.128. The van der Waals surface area contributed by atoms with E-state index in [4.69, 9.17) is 4.74 Å². The average molecular weight is 353 g/mol. The van der Waals surface area contributed by atoms with Crippen molar-refractivity contribution in [2.45, 2.75) is 57.3 Å². The summed E-state index contributed by atoms with van der Waals surface area (Å²) >= 11 is 0. The standard InChI is InChI=1S/C18H31N3O4/c1-2-17(23)20-15-7-6-14(25-16(15)13-22)12-18(24)19-8-11-21-9-4-3-5-10-21/h6-7,14-16,22H,2-5,8-13H2,1H3,(H,19,24)(H,20,23)/t14-,15+,16+/m0/s1. The van der Waals surface area contributed by atoms with Gasteiger partial charge in [-0.1, -0.05) is 25.5 Å². The summed E-state index contributed by atoms with van der Waals surface area (Å²) in [6, 6.07) is -0.351. The lowest BCUT2D eigenvalue weighted by Crippen LogP contribution is -2.49. The molecule has 2 amide bonds. The predicted octanol–water partition coefficient (Wildman–Crippen LogP) is 0.189. The molecule has 2 heterocycles. The summed E-state index contributed by atoms with van der Waals surface area (Å²) in [6.45, 7) is 5.34. The van der Waals surface area contributed by atoms with Crippen molar-refractivity contribution in [3.05, 3.63) is 12.2 Å². The summed E-state index contributed by atoms with van der Waals surface area (Å²) < 4.78 is 5.74. The maximum Gasteiger partial charge on any atom is 0.222 e. The minimum absolute atomic E-state index is 0.0561. The highest BCUT2D eigenvalue weighted by molar-refractivity contribution is 5.77. The molecule has 0 aromatic carbocycles. The van der Waals surface area contributed by atoms with E-state index in [0.29, 0.717) is 13.0 Å². The molecule has 7 nitrogen and oxygen atoms in total. The Morgan fingerprint density at radius 2 is 1.96 bits per heavy atom. The fourth-order valence-corrected chi connectivity index (χ4v) is 3.22. The summed E-state index contributed by atoms with van der Waals surface area (Å²) in [4.78, 5) is 26.0. The third kappa shape index (κ3) is 6.76. The molecule has 0 bridgehead atoms. The van der Waals surface area contributed by atoms with Gasteiger partial charge in [0.1, 0.15) is 6.10 Å². The maximum atomic E-state index is 12.1. The van der Waals surface area contributed by atoms with E-state index in [-0.39, 0.29) is 37.0 Å². The molecule has 2 rings (SSSR count). The number of rotatable bonds is 8. The van der Waals surface area contributed by atoms with Gasteiger partial charge in [-0.2, -0.15) is 0 Å². The monoisotopic (exact) mass is 353 g/mol. The Morgan fingerprint density at radius 1 is 1.20 bits per heavy atom. The smallest absolute Gasteiger partial charge is 0.222 e. The molecule has 1 fully saturated rings. The lowest BCUT2D eigenvalue weighted by atomic mass is 10.0. The molecule has 0 saturated carbocycles. The second kappa shape index (κ2) is 10.5. The third-order valence-electron chi connectivity index (χ3n) is 4.70. The molecule has 3 N–H and O–H groups in total. The number of hydrogen-bond acceptors (Lipinski definition) is 5. The molecule has 142 valence electrons. The molecule has 2 aliphatic heterocycles. The van der Waals surface area contributed by atoms with Crippen LogP contribution in [-0.4, -0.2) is 72.9 Å². The molecule has 25 heavy (non-hydrogen) atoms. The Hall–Kier alpha value is -1.44. The van der Waals surface area contributed by atoms with Gasteiger partial charge in [0, 0.05) is 19.5 Å². The van der Waals surface area contributed by atoms with Gasteiger partial charge >= 0.3 is 0 Å². The molecular formula is C18H31N3O4.